The summed E-state index contributed by atoms with van der Waals surface area (Å²) in [6.45, 7) is 5.01. The van der Waals surface area contributed by atoms with Crippen molar-refractivity contribution >= 4 is 11.8 Å². The van der Waals surface area contributed by atoms with Crippen molar-refractivity contribution in [2.45, 2.75) is 24.3 Å². The minimum Gasteiger partial charge on any atom is -0.496 e. The first-order valence-corrected chi connectivity index (χ1v) is 6.11. The van der Waals surface area contributed by atoms with E-state index in [1.807, 2.05) is 30.0 Å². The second-order valence-electron chi connectivity index (χ2n) is 3.65. The molecule has 0 heterocycles. The van der Waals surface area contributed by atoms with Crippen LogP contribution in [0, 0.1) is 0 Å². The Balaban J connectivity index is 2.90. The molecule has 0 fully saturated rings. The van der Waals surface area contributed by atoms with Crippen molar-refractivity contribution in [3.8, 4) is 5.75 Å². The molecule has 0 aliphatic carbocycles. The van der Waals surface area contributed by atoms with Gasteiger partial charge in [-0.05, 0) is 11.3 Å². The fourth-order valence-corrected chi connectivity index (χ4v) is 2.63. The van der Waals surface area contributed by atoms with Crippen molar-refractivity contribution in [2.75, 3.05) is 13.7 Å². The van der Waals surface area contributed by atoms with Crippen LogP contribution in [0.15, 0.2) is 24.3 Å². The number of ether oxygens (including phenoxy) is 1. The van der Waals surface area contributed by atoms with Gasteiger partial charge in [0, 0.05) is 17.4 Å². The van der Waals surface area contributed by atoms with Crippen molar-refractivity contribution in [3.05, 3.63) is 29.8 Å². The summed E-state index contributed by atoms with van der Waals surface area (Å²) in [6.07, 6.45) is 0. The third kappa shape index (κ3) is 3.43. The molecular weight excluding hydrogens is 206 g/mol. The lowest BCUT2D eigenvalue weighted by Crippen LogP contribution is -2.12. The largest absolute Gasteiger partial charge is 0.496 e. The van der Waals surface area contributed by atoms with E-state index in [4.69, 9.17) is 10.5 Å². The van der Waals surface area contributed by atoms with Gasteiger partial charge in [-0.2, -0.15) is 0 Å². The van der Waals surface area contributed by atoms with Crippen molar-refractivity contribution in [3.63, 3.8) is 0 Å². The molecule has 2 nitrogen and oxygen atoms in total. The van der Waals surface area contributed by atoms with Crippen molar-refractivity contribution < 1.29 is 4.74 Å². The average Bonchev–Trinajstić information content (AvgIpc) is 2.25. The molecule has 1 aromatic rings. The Bertz CT molecular complexity index is 301. The Kier molecular flexibility index (Phi) is 4.99. The van der Waals surface area contributed by atoms with Gasteiger partial charge in [0.2, 0.25) is 0 Å². The van der Waals surface area contributed by atoms with E-state index in [0.29, 0.717) is 17.0 Å². The van der Waals surface area contributed by atoms with Crippen molar-refractivity contribution in [1.82, 2.24) is 0 Å². The third-order valence-electron chi connectivity index (χ3n) is 2.14. The van der Waals surface area contributed by atoms with E-state index in [9.17, 15) is 0 Å². The Hall–Kier alpha value is -0.670. The summed E-state index contributed by atoms with van der Waals surface area (Å²) in [5, 5.41) is 0.893. The van der Waals surface area contributed by atoms with Crippen LogP contribution >= 0.6 is 11.8 Å². The van der Waals surface area contributed by atoms with E-state index in [1.54, 1.807) is 7.11 Å². The summed E-state index contributed by atoms with van der Waals surface area (Å²) in [7, 11) is 1.70. The van der Waals surface area contributed by atoms with Crippen LogP contribution in [0.2, 0.25) is 0 Å². The molecule has 1 atom stereocenters. The first-order valence-electron chi connectivity index (χ1n) is 5.17. The highest BCUT2D eigenvalue weighted by Gasteiger charge is 2.15. The number of rotatable bonds is 5. The third-order valence-corrected chi connectivity index (χ3v) is 3.46. The van der Waals surface area contributed by atoms with Gasteiger partial charge >= 0.3 is 0 Å². The highest BCUT2D eigenvalue weighted by atomic mass is 32.2. The monoisotopic (exact) mass is 225 g/mol. The second-order valence-corrected chi connectivity index (χ2v) is 5.44. The normalized spacial score (nSPS) is 12.9. The Morgan fingerprint density at radius 3 is 2.53 bits per heavy atom. The van der Waals surface area contributed by atoms with Gasteiger partial charge in [0.1, 0.15) is 5.75 Å². The Morgan fingerprint density at radius 2 is 2.00 bits per heavy atom. The number of methoxy groups -OCH3 is 1. The predicted molar refractivity (Wildman–Crippen MR) is 67.5 cm³/mol. The quantitative estimate of drug-likeness (QED) is 0.837. The molecule has 15 heavy (non-hydrogen) atoms. The highest BCUT2D eigenvalue weighted by Crippen LogP contribution is 2.36. The molecule has 0 bridgehead atoms. The second kappa shape index (κ2) is 6.03. The molecule has 0 aliphatic heterocycles. The minimum absolute atomic E-state index is 0.321. The lowest BCUT2D eigenvalue weighted by molar-refractivity contribution is 0.409. The summed E-state index contributed by atoms with van der Waals surface area (Å²) in [5.41, 5.74) is 7.00. The highest BCUT2D eigenvalue weighted by molar-refractivity contribution is 8.00. The predicted octanol–water partition coefficient (Wildman–Crippen LogP) is 2.84. The van der Waals surface area contributed by atoms with E-state index in [2.05, 4.69) is 19.9 Å². The molecule has 0 aliphatic rings. The van der Waals surface area contributed by atoms with Gasteiger partial charge in [-0.15, -0.1) is 11.8 Å². The lowest BCUT2D eigenvalue weighted by Gasteiger charge is -2.19. The molecule has 84 valence electrons. The SMILES string of the molecule is COc1ccccc1C(CN)SC(C)C. The Labute approximate surface area is 96.2 Å². The fourth-order valence-electron chi connectivity index (χ4n) is 1.52. The zero-order chi connectivity index (χ0) is 11.3. The molecule has 0 spiro atoms. The van der Waals surface area contributed by atoms with Crippen LogP contribution in [0.5, 0.6) is 5.75 Å². The van der Waals surface area contributed by atoms with Crippen LogP contribution in [-0.2, 0) is 0 Å². The van der Waals surface area contributed by atoms with Crippen LogP contribution in [0.25, 0.3) is 0 Å². The summed E-state index contributed by atoms with van der Waals surface area (Å²) >= 11 is 1.88. The standard InChI is InChI=1S/C12H19NOS/c1-9(2)15-12(8-13)10-6-4-5-7-11(10)14-3/h4-7,9,12H,8,13H2,1-3H3. The smallest absolute Gasteiger partial charge is 0.123 e. The molecule has 0 saturated heterocycles. The van der Waals surface area contributed by atoms with E-state index in [0.717, 1.165) is 5.75 Å². The van der Waals surface area contributed by atoms with Gasteiger partial charge in [-0.1, -0.05) is 32.0 Å². The maximum Gasteiger partial charge on any atom is 0.123 e. The zero-order valence-corrected chi connectivity index (χ0v) is 10.4. The Morgan fingerprint density at radius 1 is 1.33 bits per heavy atom. The van der Waals surface area contributed by atoms with Crippen LogP contribution < -0.4 is 10.5 Å². The number of hydrogen-bond acceptors (Lipinski definition) is 3. The summed E-state index contributed by atoms with van der Waals surface area (Å²) in [6, 6.07) is 8.09. The molecule has 1 rings (SSSR count). The van der Waals surface area contributed by atoms with Gasteiger partial charge in [0.05, 0.1) is 7.11 Å². The van der Waals surface area contributed by atoms with Crippen molar-refractivity contribution in [1.29, 1.82) is 0 Å². The van der Waals surface area contributed by atoms with Gasteiger partial charge in [0.15, 0.2) is 0 Å². The summed E-state index contributed by atoms with van der Waals surface area (Å²) < 4.78 is 5.34. The fraction of sp³-hybridized carbons (Fsp3) is 0.500. The first kappa shape index (κ1) is 12.4. The number of nitrogens with two attached hydrogens (primary N) is 1. The van der Waals surface area contributed by atoms with E-state index < -0.39 is 0 Å². The van der Waals surface area contributed by atoms with Crippen LogP contribution in [0.3, 0.4) is 0 Å². The topological polar surface area (TPSA) is 35.2 Å². The molecule has 1 unspecified atom stereocenters. The van der Waals surface area contributed by atoms with E-state index in [1.165, 1.54) is 5.56 Å². The first-order chi connectivity index (χ1) is 7.19. The number of hydrogen-bond donors (Lipinski definition) is 1. The number of thioether (sulfide) groups is 1. The molecular formula is C12H19NOS. The summed E-state index contributed by atoms with van der Waals surface area (Å²) in [4.78, 5) is 0. The van der Waals surface area contributed by atoms with Gasteiger partial charge in [-0.25, -0.2) is 0 Å². The van der Waals surface area contributed by atoms with Crippen LogP contribution in [0.4, 0.5) is 0 Å². The van der Waals surface area contributed by atoms with Crippen LogP contribution in [0.1, 0.15) is 24.7 Å². The zero-order valence-electron chi connectivity index (χ0n) is 9.57. The summed E-state index contributed by atoms with van der Waals surface area (Å²) in [5.74, 6) is 0.932. The molecule has 0 amide bonds. The molecule has 2 N–H and O–H groups in total. The number of benzene rings is 1. The molecule has 1 aromatic carbocycles. The van der Waals surface area contributed by atoms with Gasteiger partial charge in [0.25, 0.3) is 0 Å². The maximum absolute atomic E-state index is 5.80. The molecule has 0 aromatic heterocycles. The minimum atomic E-state index is 0.321. The van der Waals surface area contributed by atoms with E-state index in [-0.39, 0.29) is 0 Å². The van der Waals surface area contributed by atoms with Gasteiger partial charge in [-0.3, -0.25) is 0 Å². The van der Waals surface area contributed by atoms with Gasteiger partial charge < -0.3 is 10.5 Å². The van der Waals surface area contributed by atoms with E-state index >= 15 is 0 Å². The average molecular weight is 225 g/mol. The number of para-hydroxylation sites is 1. The van der Waals surface area contributed by atoms with Crippen LogP contribution in [-0.4, -0.2) is 18.9 Å². The lowest BCUT2D eigenvalue weighted by atomic mass is 10.1. The molecule has 3 heteroatoms. The molecule has 0 radical (unpaired) electrons. The molecule has 0 saturated carbocycles. The maximum atomic E-state index is 5.80. The van der Waals surface area contributed by atoms with Crippen molar-refractivity contribution in [2.24, 2.45) is 5.73 Å².